The van der Waals surface area contributed by atoms with Crippen LogP contribution in [0.5, 0.6) is 0 Å². The Morgan fingerprint density at radius 3 is 2.92 bits per heavy atom. The Kier molecular flexibility index (Phi) is 5.23. The molecule has 1 aliphatic rings. The van der Waals surface area contributed by atoms with E-state index in [2.05, 4.69) is 22.2 Å². The summed E-state index contributed by atoms with van der Waals surface area (Å²) >= 11 is 0. The maximum absolute atomic E-state index is 6.07. The standard InChI is InChI=1S/C18H24N6O/c1-4-11(8-20-3)13-9-21-17(19)16-15(13)24-18(14(5-2)23-16)22-12-6-7-25-10-12/h4,8-9,12H,5-7,10H2,1-3H3,(H2,19,21)(H,22,24)/b11-4+,20-8-. The van der Waals surface area contributed by atoms with Gasteiger partial charge in [-0.2, -0.15) is 0 Å². The van der Waals surface area contributed by atoms with Crippen LogP contribution in [0.1, 0.15) is 31.5 Å². The van der Waals surface area contributed by atoms with Crippen LogP contribution in [-0.2, 0) is 11.2 Å². The van der Waals surface area contributed by atoms with E-state index in [1.165, 1.54) is 0 Å². The molecule has 0 saturated carbocycles. The van der Waals surface area contributed by atoms with E-state index in [9.17, 15) is 0 Å². The minimum Gasteiger partial charge on any atom is -0.382 e. The van der Waals surface area contributed by atoms with Crippen molar-refractivity contribution in [3.8, 4) is 0 Å². The lowest BCUT2D eigenvalue weighted by Crippen LogP contribution is -2.21. The molecule has 0 amide bonds. The van der Waals surface area contributed by atoms with Gasteiger partial charge in [0.2, 0.25) is 0 Å². The first-order valence-corrected chi connectivity index (χ1v) is 8.56. The number of nitrogens with two attached hydrogens (primary N) is 1. The number of pyridine rings is 1. The van der Waals surface area contributed by atoms with Gasteiger partial charge in [-0.15, -0.1) is 0 Å². The summed E-state index contributed by atoms with van der Waals surface area (Å²) in [5.41, 5.74) is 10.1. The van der Waals surface area contributed by atoms with E-state index in [4.69, 9.17) is 20.4 Å². The van der Waals surface area contributed by atoms with Crippen LogP contribution in [-0.4, -0.2) is 47.5 Å². The fraction of sp³-hybridized carbons (Fsp3) is 0.444. The average molecular weight is 340 g/mol. The summed E-state index contributed by atoms with van der Waals surface area (Å²) in [6, 6.07) is 0.262. The largest absolute Gasteiger partial charge is 0.382 e. The van der Waals surface area contributed by atoms with Crippen LogP contribution in [0.4, 0.5) is 11.6 Å². The maximum atomic E-state index is 6.07. The molecule has 1 unspecified atom stereocenters. The lowest BCUT2D eigenvalue weighted by Gasteiger charge is -2.16. The highest BCUT2D eigenvalue weighted by Gasteiger charge is 2.20. The van der Waals surface area contributed by atoms with Crippen LogP contribution in [0.15, 0.2) is 17.3 Å². The van der Waals surface area contributed by atoms with Gasteiger partial charge < -0.3 is 15.8 Å². The van der Waals surface area contributed by atoms with Crippen molar-refractivity contribution in [3.05, 3.63) is 23.5 Å². The molecule has 0 bridgehead atoms. The number of allylic oxidation sites excluding steroid dienone is 2. The Morgan fingerprint density at radius 1 is 1.44 bits per heavy atom. The number of anilines is 2. The zero-order chi connectivity index (χ0) is 17.8. The number of nitrogen functional groups attached to an aromatic ring is 1. The molecule has 132 valence electrons. The fourth-order valence-corrected chi connectivity index (χ4v) is 2.95. The highest BCUT2D eigenvalue weighted by molar-refractivity contribution is 6.14. The van der Waals surface area contributed by atoms with Crippen molar-refractivity contribution in [2.75, 3.05) is 31.3 Å². The molecule has 3 rings (SSSR count). The minimum absolute atomic E-state index is 0.262. The molecule has 1 saturated heterocycles. The number of rotatable bonds is 5. The van der Waals surface area contributed by atoms with Gasteiger partial charge in [0, 0.05) is 31.6 Å². The quantitative estimate of drug-likeness (QED) is 0.811. The molecule has 2 aromatic heterocycles. The van der Waals surface area contributed by atoms with Gasteiger partial charge in [-0.25, -0.2) is 15.0 Å². The highest BCUT2D eigenvalue weighted by atomic mass is 16.5. The summed E-state index contributed by atoms with van der Waals surface area (Å²) in [6.45, 7) is 5.48. The third-order valence-electron chi connectivity index (χ3n) is 4.29. The number of ether oxygens (including phenoxy) is 1. The molecule has 1 atom stereocenters. The Hall–Kier alpha value is -2.54. The number of hydrogen-bond acceptors (Lipinski definition) is 7. The zero-order valence-corrected chi connectivity index (χ0v) is 14.9. The van der Waals surface area contributed by atoms with Crippen LogP contribution in [0.25, 0.3) is 16.6 Å². The second kappa shape index (κ2) is 7.57. The van der Waals surface area contributed by atoms with Crippen molar-refractivity contribution >= 4 is 34.5 Å². The topological polar surface area (TPSA) is 98.3 Å². The zero-order valence-electron chi connectivity index (χ0n) is 14.9. The van der Waals surface area contributed by atoms with Gasteiger partial charge in [-0.1, -0.05) is 13.0 Å². The Labute approximate surface area is 147 Å². The van der Waals surface area contributed by atoms with Gasteiger partial charge in [-0.3, -0.25) is 4.99 Å². The predicted molar refractivity (Wildman–Crippen MR) is 102 cm³/mol. The summed E-state index contributed by atoms with van der Waals surface area (Å²) in [5.74, 6) is 1.18. The molecule has 0 radical (unpaired) electrons. The van der Waals surface area contributed by atoms with Gasteiger partial charge in [0.15, 0.2) is 5.82 Å². The second-order valence-corrected chi connectivity index (χ2v) is 5.96. The molecule has 25 heavy (non-hydrogen) atoms. The molecule has 2 aromatic rings. The summed E-state index contributed by atoms with van der Waals surface area (Å²) in [6.07, 6.45) is 7.23. The van der Waals surface area contributed by atoms with Crippen LogP contribution in [0.2, 0.25) is 0 Å². The summed E-state index contributed by atoms with van der Waals surface area (Å²) < 4.78 is 5.45. The van der Waals surface area contributed by atoms with Crippen LogP contribution >= 0.6 is 0 Å². The third-order valence-corrected chi connectivity index (χ3v) is 4.29. The molecule has 3 heterocycles. The summed E-state index contributed by atoms with van der Waals surface area (Å²) in [7, 11) is 1.74. The monoisotopic (exact) mass is 340 g/mol. The SMILES string of the molecule is C/C=C(\C=N/C)c1cnc(N)c2nc(CC)c(NC3CCOC3)nc12. The van der Waals surface area contributed by atoms with Crippen LogP contribution in [0.3, 0.4) is 0 Å². The number of aromatic nitrogens is 3. The molecule has 0 aromatic carbocycles. The fourth-order valence-electron chi connectivity index (χ4n) is 2.95. The first-order valence-electron chi connectivity index (χ1n) is 8.56. The van der Waals surface area contributed by atoms with Crippen molar-refractivity contribution in [2.24, 2.45) is 4.99 Å². The Balaban J connectivity index is 2.16. The van der Waals surface area contributed by atoms with Crippen molar-refractivity contribution in [1.29, 1.82) is 0 Å². The van der Waals surface area contributed by atoms with E-state index in [0.717, 1.165) is 47.6 Å². The van der Waals surface area contributed by atoms with Crippen molar-refractivity contribution in [1.82, 2.24) is 15.0 Å². The molecule has 0 spiro atoms. The number of aryl methyl sites for hydroxylation is 1. The number of fused-ring (bicyclic) bond motifs is 1. The minimum atomic E-state index is 0.262. The van der Waals surface area contributed by atoms with Crippen molar-refractivity contribution in [2.45, 2.75) is 32.7 Å². The normalized spacial score (nSPS) is 18.4. The number of nitrogens with zero attached hydrogens (tertiary/aromatic N) is 4. The van der Waals surface area contributed by atoms with Gasteiger partial charge in [0.05, 0.1) is 18.3 Å². The van der Waals surface area contributed by atoms with Gasteiger partial charge in [-0.05, 0) is 25.3 Å². The number of hydrogen-bond donors (Lipinski definition) is 2. The van der Waals surface area contributed by atoms with E-state index in [1.807, 2.05) is 13.0 Å². The molecule has 1 aliphatic heterocycles. The smallest absolute Gasteiger partial charge is 0.151 e. The molecular weight excluding hydrogens is 316 g/mol. The van der Waals surface area contributed by atoms with E-state index in [0.29, 0.717) is 17.9 Å². The van der Waals surface area contributed by atoms with E-state index in [-0.39, 0.29) is 6.04 Å². The first kappa shape index (κ1) is 17.3. The number of aliphatic imine (C=N–C) groups is 1. The molecule has 3 N–H and O–H groups in total. The van der Waals surface area contributed by atoms with Gasteiger partial charge >= 0.3 is 0 Å². The van der Waals surface area contributed by atoms with Gasteiger partial charge in [0.1, 0.15) is 16.9 Å². The molecule has 1 fully saturated rings. The average Bonchev–Trinajstić information content (AvgIpc) is 3.13. The van der Waals surface area contributed by atoms with E-state index in [1.54, 1.807) is 19.5 Å². The van der Waals surface area contributed by atoms with Crippen LogP contribution < -0.4 is 11.1 Å². The number of nitrogens with one attached hydrogen (secondary N) is 1. The lowest BCUT2D eigenvalue weighted by molar-refractivity contribution is 0.195. The molecule has 7 nitrogen and oxygen atoms in total. The Bertz CT molecular complexity index is 824. The lowest BCUT2D eigenvalue weighted by atomic mass is 10.1. The van der Waals surface area contributed by atoms with Gasteiger partial charge in [0.25, 0.3) is 0 Å². The molecule has 0 aliphatic carbocycles. The highest BCUT2D eigenvalue weighted by Crippen LogP contribution is 2.28. The van der Waals surface area contributed by atoms with E-state index < -0.39 is 0 Å². The predicted octanol–water partition coefficient (Wildman–Crippen LogP) is 2.47. The van der Waals surface area contributed by atoms with Crippen LogP contribution in [0, 0.1) is 0 Å². The summed E-state index contributed by atoms with van der Waals surface area (Å²) in [5, 5.41) is 3.48. The Morgan fingerprint density at radius 2 is 2.28 bits per heavy atom. The van der Waals surface area contributed by atoms with Crippen molar-refractivity contribution < 1.29 is 4.74 Å². The van der Waals surface area contributed by atoms with Crippen molar-refractivity contribution in [3.63, 3.8) is 0 Å². The third kappa shape index (κ3) is 3.46. The summed E-state index contributed by atoms with van der Waals surface area (Å²) in [4.78, 5) is 18.0. The maximum Gasteiger partial charge on any atom is 0.151 e. The molecule has 7 heteroatoms. The second-order valence-electron chi connectivity index (χ2n) is 5.96. The van der Waals surface area contributed by atoms with E-state index >= 15 is 0 Å². The first-order chi connectivity index (χ1) is 12.2. The molecular formula is C18H24N6O.